The van der Waals surface area contributed by atoms with E-state index in [4.69, 9.17) is 37.0 Å². The molecular weight excluding hydrogens is 1260 g/mol. The van der Waals surface area contributed by atoms with Crippen molar-refractivity contribution in [3.05, 3.63) is 0 Å². The minimum atomic E-state index is -4.96. The van der Waals surface area contributed by atoms with Gasteiger partial charge < -0.3 is 33.8 Å². The van der Waals surface area contributed by atoms with Crippen molar-refractivity contribution >= 4 is 39.5 Å². The van der Waals surface area contributed by atoms with Crippen LogP contribution in [0.2, 0.25) is 0 Å². The van der Waals surface area contributed by atoms with E-state index in [0.717, 1.165) is 102 Å². The molecule has 0 aliphatic carbocycles. The number of ether oxygens (including phenoxy) is 4. The van der Waals surface area contributed by atoms with E-state index in [1.54, 1.807) is 0 Å². The number of esters is 4. The van der Waals surface area contributed by atoms with Crippen molar-refractivity contribution in [3.8, 4) is 0 Å². The molecule has 0 aliphatic heterocycles. The molecule has 570 valence electrons. The molecule has 17 nitrogen and oxygen atoms in total. The first-order chi connectivity index (χ1) is 46.5. The Balaban J connectivity index is 5.18. The number of carbonyl (C=O) groups excluding carboxylic acids is 4. The summed E-state index contributed by atoms with van der Waals surface area (Å²) < 4.78 is 68.5. The molecule has 96 heavy (non-hydrogen) atoms. The molecule has 0 spiro atoms. The van der Waals surface area contributed by atoms with Crippen LogP contribution in [-0.4, -0.2) is 96.7 Å². The average molecular weight is 1410 g/mol. The zero-order valence-corrected chi connectivity index (χ0v) is 64.3. The predicted octanol–water partition coefficient (Wildman–Crippen LogP) is 22.9. The first-order valence-electron chi connectivity index (χ1n) is 40.1. The first-order valence-corrected chi connectivity index (χ1v) is 43.1. The molecule has 0 bridgehead atoms. The highest BCUT2D eigenvalue weighted by molar-refractivity contribution is 7.47. The molecule has 0 amide bonds. The fourth-order valence-electron chi connectivity index (χ4n) is 11.9. The maximum atomic E-state index is 13.1. The van der Waals surface area contributed by atoms with Crippen LogP contribution in [0.25, 0.3) is 0 Å². The normalized spacial score (nSPS) is 13.9. The highest BCUT2D eigenvalue weighted by atomic mass is 31.2. The van der Waals surface area contributed by atoms with Gasteiger partial charge in [-0.1, -0.05) is 356 Å². The van der Waals surface area contributed by atoms with Crippen LogP contribution in [0.1, 0.15) is 407 Å². The van der Waals surface area contributed by atoms with Gasteiger partial charge in [0, 0.05) is 25.7 Å². The van der Waals surface area contributed by atoms with Gasteiger partial charge in [0.05, 0.1) is 26.4 Å². The van der Waals surface area contributed by atoms with E-state index >= 15 is 0 Å². The Bertz CT molecular complexity index is 1840. The smallest absolute Gasteiger partial charge is 0.462 e. The minimum Gasteiger partial charge on any atom is -0.462 e. The van der Waals surface area contributed by atoms with E-state index in [2.05, 4.69) is 34.6 Å². The molecule has 0 rings (SSSR count). The van der Waals surface area contributed by atoms with Gasteiger partial charge in [-0.3, -0.25) is 37.3 Å². The number of unbranched alkanes of at least 4 members (excludes halogenated alkanes) is 49. The zero-order valence-electron chi connectivity index (χ0n) is 62.5. The van der Waals surface area contributed by atoms with Gasteiger partial charge in [0.15, 0.2) is 12.2 Å². The Morgan fingerprint density at radius 1 is 0.281 bits per heavy atom. The van der Waals surface area contributed by atoms with E-state index in [1.807, 2.05) is 0 Å². The van der Waals surface area contributed by atoms with Crippen molar-refractivity contribution in [1.82, 2.24) is 0 Å². The zero-order chi connectivity index (χ0) is 70.5. The number of phosphoric ester groups is 2. The highest BCUT2D eigenvalue weighted by Gasteiger charge is 2.30. The van der Waals surface area contributed by atoms with E-state index in [0.29, 0.717) is 25.7 Å². The van der Waals surface area contributed by atoms with Crippen molar-refractivity contribution in [2.24, 2.45) is 5.92 Å². The van der Waals surface area contributed by atoms with Crippen LogP contribution in [0.15, 0.2) is 0 Å². The predicted molar refractivity (Wildman–Crippen MR) is 391 cm³/mol. The Labute approximate surface area is 588 Å². The monoisotopic (exact) mass is 1410 g/mol. The van der Waals surface area contributed by atoms with Crippen LogP contribution in [-0.2, 0) is 65.4 Å². The molecule has 0 aliphatic rings. The van der Waals surface area contributed by atoms with Crippen molar-refractivity contribution in [1.29, 1.82) is 0 Å². The lowest BCUT2D eigenvalue weighted by Crippen LogP contribution is -2.30. The number of phosphoric acid groups is 2. The topological polar surface area (TPSA) is 237 Å². The SMILES string of the molecule is CCCCCCCCCCCCCCCCCCCCCCC(=O)O[C@H](COC(=O)CCCCCCCCCCCCCCCCCCC)COP(=O)(O)OC[C@@H](O)COP(=O)(O)OC[C@@H](COC(=O)CCCCCCCCCC)OC(=O)CCCCCCCCCCC(C)C. The van der Waals surface area contributed by atoms with Crippen LogP contribution in [0.3, 0.4) is 0 Å². The second kappa shape index (κ2) is 70.1. The van der Waals surface area contributed by atoms with Gasteiger partial charge in [-0.05, 0) is 31.6 Å². The molecule has 0 saturated heterocycles. The fraction of sp³-hybridized carbons (Fsp3) is 0.948. The number of hydrogen-bond donors (Lipinski definition) is 3. The molecule has 5 atom stereocenters. The molecule has 0 aromatic heterocycles. The van der Waals surface area contributed by atoms with Crippen LogP contribution in [0.4, 0.5) is 0 Å². The van der Waals surface area contributed by atoms with Crippen molar-refractivity contribution in [2.45, 2.75) is 425 Å². The summed E-state index contributed by atoms with van der Waals surface area (Å²) in [6.07, 6.45) is 59.9. The number of carbonyl (C=O) groups is 4. The number of aliphatic hydroxyl groups is 1. The quantitative estimate of drug-likeness (QED) is 0.0222. The van der Waals surface area contributed by atoms with Gasteiger partial charge in [-0.15, -0.1) is 0 Å². The molecule has 0 radical (unpaired) electrons. The largest absolute Gasteiger partial charge is 0.472 e. The molecule has 0 saturated carbocycles. The number of rotatable bonds is 77. The van der Waals surface area contributed by atoms with Gasteiger partial charge >= 0.3 is 39.5 Å². The highest BCUT2D eigenvalue weighted by Crippen LogP contribution is 2.45. The lowest BCUT2D eigenvalue weighted by atomic mass is 10.0. The Morgan fingerprint density at radius 2 is 0.479 bits per heavy atom. The van der Waals surface area contributed by atoms with Crippen LogP contribution >= 0.6 is 15.6 Å². The molecule has 19 heteroatoms. The van der Waals surface area contributed by atoms with Crippen molar-refractivity contribution in [3.63, 3.8) is 0 Å². The minimum absolute atomic E-state index is 0.105. The second-order valence-corrected chi connectivity index (χ2v) is 31.1. The maximum absolute atomic E-state index is 13.1. The summed E-state index contributed by atoms with van der Waals surface area (Å²) in [6.45, 7) is 7.23. The van der Waals surface area contributed by atoms with Gasteiger partial charge in [0.2, 0.25) is 0 Å². The average Bonchev–Trinajstić information content (AvgIpc) is 1.25. The molecule has 3 N–H and O–H groups in total. The number of aliphatic hydroxyl groups excluding tert-OH is 1. The summed E-state index contributed by atoms with van der Waals surface area (Å²) in [5, 5.41) is 10.6. The van der Waals surface area contributed by atoms with E-state index in [1.165, 1.54) is 225 Å². The van der Waals surface area contributed by atoms with Crippen LogP contribution in [0, 0.1) is 5.92 Å². The second-order valence-electron chi connectivity index (χ2n) is 28.2. The Morgan fingerprint density at radius 3 is 0.708 bits per heavy atom. The fourth-order valence-corrected chi connectivity index (χ4v) is 13.5. The van der Waals surface area contributed by atoms with Crippen LogP contribution < -0.4 is 0 Å². The van der Waals surface area contributed by atoms with Crippen molar-refractivity contribution < 1.29 is 80.2 Å². The van der Waals surface area contributed by atoms with Crippen LogP contribution in [0.5, 0.6) is 0 Å². The summed E-state index contributed by atoms with van der Waals surface area (Å²) in [5.41, 5.74) is 0. The summed E-state index contributed by atoms with van der Waals surface area (Å²) >= 11 is 0. The summed E-state index contributed by atoms with van der Waals surface area (Å²) in [7, 11) is -9.91. The third-order valence-corrected chi connectivity index (χ3v) is 19.9. The van der Waals surface area contributed by atoms with Gasteiger partial charge in [-0.25, -0.2) is 9.13 Å². The lowest BCUT2D eigenvalue weighted by molar-refractivity contribution is -0.161. The van der Waals surface area contributed by atoms with E-state index < -0.39 is 97.5 Å². The molecule has 2 unspecified atom stereocenters. The van der Waals surface area contributed by atoms with E-state index in [9.17, 15) is 43.2 Å². The van der Waals surface area contributed by atoms with Crippen molar-refractivity contribution in [2.75, 3.05) is 39.6 Å². The third-order valence-electron chi connectivity index (χ3n) is 18.0. The summed E-state index contributed by atoms with van der Waals surface area (Å²) in [6, 6.07) is 0. The molecular formula is C77H150O17P2. The lowest BCUT2D eigenvalue weighted by Gasteiger charge is -2.21. The molecule has 0 fully saturated rings. The summed E-state index contributed by atoms with van der Waals surface area (Å²) in [4.78, 5) is 72.7. The van der Waals surface area contributed by atoms with Gasteiger partial charge in [0.25, 0.3) is 0 Å². The maximum Gasteiger partial charge on any atom is 0.472 e. The molecule has 0 aromatic carbocycles. The first kappa shape index (κ1) is 94.1. The number of hydrogen-bond acceptors (Lipinski definition) is 15. The standard InChI is InChI=1S/C77H150O17P2/c1-6-9-12-15-18-21-23-25-27-29-30-31-33-35-37-39-41-47-52-57-62-76(81)93-73(67-88-75(80)61-56-51-46-40-38-36-34-32-28-26-24-22-19-16-13-10-7-2)69-92-96(85,86)90-65-71(78)64-89-95(83,84)91-68-72(66-87-74(79)60-55-50-45-20-17-14-11-8-3)94-77(82)63-58-53-48-43-42-44-49-54-59-70(4)5/h70-73,78H,6-69H2,1-5H3,(H,83,84)(H,85,86)/t71-,72+,73+/m0/s1. The third kappa shape index (κ3) is 70.5. The Kier molecular flexibility index (Phi) is 68.7. The molecule has 0 aromatic rings. The molecule has 0 heterocycles. The Hall–Kier alpha value is -1.94. The van der Waals surface area contributed by atoms with Gasteiger partial charge in [0.1, 0.15) is 19.3 Å². The van der Waals surface area contributed by atoms with Gasteiger partial charge in [-0.2, -0.15) is 0 Å². The summed E-state index contributed by atoms with van der Waals surface area (Å²) in [5.74, 6) is -1.40. The van der Waals surface area contributed by atoms with E-state index in [-0.39, 0.29) is 25.7 Å².